The van der Waals surface area contributed by atoms with Crippen molar-refractivity contribution in [3.63, 3.8) is 0 Å². The molecular formula is C14H12FN3O3. The zero-order valence-electron chi connectivity index (χ0n) is 11.0. The Hall–Kier alpha value is -2.83. The first-order valence-electron chi connectivity index (χ1n) is 6.19. The lowest BCUT2D eigenvalue weighted by Crippen LogP contribution is -2.25. The van der Waals surface area contributed by atoms with Crippen molar-refractivity contribution in [3.05, 3.63) is 69.8 Å². The van der Waals surface area contributed by atoms with E-state index < -0.39 is 22.3 Å². The molecule has 1 aromatic carbocycles. The highest BCUT2D eigenvalue weighted by atomic mass is 19.1. The van der Waals surface area contributed by atoms with Crippen LogP contribution in [0.1, 0.15) is 15.9 Å². The molecule has 1 heterocycles. The fourth-order valence-corrected chi connectivity index (χ4v) is 1.76. The zero-order valence-corrected chi connectivity index (χ0v) is 11.0. The van der Waals surface area contributed by atoms with Crippen molar-refractivity contribution in [2.24, 2.45) is 0 Å². The average Bonchev–Trinajstić information content (AvgIpc) is 2.47. The summed E-state index contributed by atoms with van der Waals surface area (Å²) < 4.78 is 13.4. The van der Waals surface area contributed by atoms with Gasteiger partial charge in [0, 0.05) is 30.6 Å². The number of aromatic nitrogens is 1. The Morgan fingerprint density at radius 1 is 1.38 bits per heavy atom. The van der Waals surface area contributed by atoms with E-state index in [9.17, 15) is 19.3 Å². The van der Waals surface area contributed by atoms with Gasteiger partial charge in [-0.05, 0) is 30.2 Å². The normalized spacial score (nSPS) is 10.1. The fraction of sp³-hybridized carbons (Fsp3) is 0.143. The molecule has 0 radical (unpaired) electrons. The molecule has 0 fully saturated rings. The summed E-state index contributed by atoms with van der Waals surface area (Å²) in [6.45, 7) is 0.364. The van der Waals surface area contributed by atoms with Gasteiger partial charge in [0.15, 0.2) is 0 Å². The molecule has 0 spiro atoms. The Kier molecular flexibility index (Phi) is 4.55. The van der Waals surface area contributed by atoms with Gasteiger partial charge in [0.1, 0.15) is 0 Å². The molecule has 0 aliphatic carbocycles. The number of hydrogen-bond donors (Lipinski definition) is 1. The van der Waals surface area contributed by atoms with Crippen molar-refractivity contribution >= 4 is 11.6 Å². The van der Waals surface area contributed by atoms with Gasteiger partial charge in [0.2, 0.25) is 5.82 Å². The number of nitro groups is 1. The van der Waals surface area contributed by atoms with Crippen LogP contribution in [0.5, 0.6) is 0 Å². The molecule has 108 valence electrons. The number of benzene rings is 1. The number of nitrogens with one attached hydrogen (secondary N) is 1. The van der Waals surface area contributed by atoms with Gasteiger partial charge in [-0.2, -0.15) is 4.39 Å². The fourth-order valence-electron chi connectivity index (χ4n) is 1.76. The van der Waals surface area contributed by atoms with Crippen LogP contribution in [-0.2, 0) is 6.42 Å². The van der Waals surface area contributed by atoms with Crippen LogP contribution in [0.15, 0.2) is 42.7 Å². The van der Waals surface area contributed by atoms with Crippen molar-refractivity contribution in [3.8, 4) is 0 Å². The summed E-state index contributed by atoms with van der Waals surface area (Å²) in [6.07, 6.45) is 3.94. The summed E-state index contributed by atoms with van der Waals surface area (Å²) in [4.78, 5) is 25.4. The van der Waals surface area contributed by atoms with E-state index in [0.717, 1.165) is 17.7 Å². The standard InChI is InChI=1S/C14H12FN3O3/c15-12-8-11(3-4-13(12)18(20)21)14(19)17-7-5-10-2-1-6-16-9-10/h1-4,6,8-9H,5,7H2,(H,17,19). The van der Waals surface area contributed by atoms with E-state index in [1.165, 1.54) is 6.07 Å². The number of nitro benzene ring substituents is 1. The monoisotopic (exact) mass is 289 g/mol. The maximum Gasteiger partial charge on any atom is 0.304 e. The van der Waals surface area contributed by atoms with E-state index in [1.807, 2.05) is 6.07 Å². The van der Waals surface area contributed by atoms with Crippen molar-refractivity contribution in [2.75, 3.05) is 6.54 Å². The number of hydrogen-bond acceptors (Lipinski definition) is 4. The minimum atomic E-state index is -1.03. The number of amides is 1. The summed E-state index contributed by atoms with van der Waals surface area (Å²) in [5.74, 6) is -1.51. The Balaban J connectivity index is 1.94. The van der Waals surface area contributed by atoms with Crippen LogP contribution in [0.25, 0.3) is 0 Å². The minimum absolute atomic E-state index is 0.0456. The average molecular weight is 289 g/mol. The molecule has 7 heteroatoms. The zero-order chi connectivity index (χ0) is 15.2. The van der Waals surface area contributed by atoms with Gasteiger partial charge in [-0.15, -0.1) is 0 Å². The van der Waals surface area contributed by atoms with Gasteiger partial charge in [-0.3, -0.25) is 19.9 Å². The van der Waals surface area contributed by atoms with Crippen LogP contribution in [-0.4, -0.2) is 22.4 Å². The van der Waals surface area contributed by atoms with Gasteiger partial charge >= 0.3 is 5.69 Å². The van der Waals surface area contributed by atoms with Gasteiger partial charge in [0.05, 0.1) is 4.92 Å². The van der Waals surface area contributed by atoms with Crippen molar-refractivity contribution < 1.29 is 14.1 Å². The molecular weight excluding hydrogens is 277 g/mol. The predicted molar refractivity (Wildman–Crippen MR) is 73.3 cm³/mol. The molecule has 0 atom stereocenters. The molecule has 1 N–H and O–H groups in total. The van der Waals surface area contributed by atoms with E-state index >= 15 is 0 Å². The summed E-state index contributed by atoms with van der Waals surface area (Å²) in [7, 11) is 0. The van der Waals surface area contributed by atoms with E-state index in [-0.39, 0.29) is 5.56 Å². The molecule has 2 rings (SSSR count). The first-order chi connectivity index (χ1) is 10.1. The van der Waals surface area contributed by atoms with Crippen LogP contribution in [0.2, 0.25) is 0 Å². The number of carbonyl (C=O) groups is 1. The number of pyridine rings is 1. The maximum absolute atomic E-state index is 13.4. The SMILES string of the molecule is O=C(NCCc1cccnc1)c1ccc([N+](=O)[O-])c(F)c1. The molecule has 0 aliphatic heterocycles. The smallest absolute Gasteiger partial charge is 0.304 e. The Morgan fingerprint density at radius 2 is 2.19 bits per heavy atom. The van der Waals surface area contributed by atoms with Crippen LogP contribution >= 0.6 is 0 Å². The number of carbonyl (C=O) groups excluding carboxylic acids is 1. The van der Waals surface area contributed by atoms with Crippen molar-refractivity contribution in [2.45, 2.75) is 6.42 Å². The molecule has 0 saturated carbocycles. The van der Waals surface area contributed by atoms with Crippen LogP contribution in [0, 0.1) is 15.9 Å². The lowest BCUT2D eigenvalue weighted by Gasteiger charge is -2.05. The molecule has 1 aromatic heterocycles. The topological polar surface area (TPSA) is 85.1 Å². The third kappa shape index (κ3) is 3.82. The Labute approximate surface area is 119 Å². The van der Waals surface area contributed by atoms with Gasteiger partial charge < -0.3 is 5.32 Å². The van der Waals surface area contributed by atoms with E-state index in [4.69, 9.17) is 0 Å². The van der Waals surface area contributed by atoms with Crippen LogP contribution < -0.4 is 5.32 Å². The van der Waals surface area contributed by atoms with Gasteiger partial charge in [-0.25, -0.2) is 0 Å². The largest absolute Gasteiger partial charge is 0.352 e. The number of halogens is 1. The number of nitrogens with zero attached hydrogens (tertiary/aromatic N) is 2. The summed E-state index contributed by atoms with van der Waals surface area (Å²) in [5.41, 5.74) is 0.360. The predicted octanol–water partition coefficient (Wildman–Crippen LogP) is 2.10. The second kappa shape index (κ2) is 6.56. The third-order valence-corrected chi connectivity index (χ3v) is 2.83. The van der Waals surface area contributed by atoms with Crippen molar-refractivity contribution in [1.29, 1.82) is 0 Å². The molecule has 2 aromatic rings. The van der Waals surface area contributed by atoms with E-state index in [1.54, 1.807) is 18.5 Å². The minimum Gasteiger partial charge on any atom is -0.352 e. The Morgan fingerprint density at radius 3 is 2.81 bits per heavy atom. The first kappa shape index (κ1) is 14.6. The van der Waals surface area contributed by atoms with Gasteiger partial charge in [0.25, 0.3) is 5.91 Å². The highest BCUT2D eigenvalue weighted by Gasteiger charge is 2.16. The molecule has 1 amide bonds. The van der Waals surface area contributed by atoms with Gasteiger partial charge in [-0.1, -0.05) is 6.07 Å². The molecule has 0 bridgehead atoms. The van der Waals surface area contributed by atoms with E-state index in [0.29, 0.717) is 13.0 Å². The lowest BCUT2D eigenvalue weighted by molar-refractivity contribution is -0.387. The first-order valence-corrected chi connectivity index (χ1v) is 6.19. The lowest BCUT2D eigenvalue weighted by atomic mass is 10.1. The summed E-state index contributed by atoms with van der Waals surface area (Å²) in [6, 6.07) is 6.73. The maximum atomic E-state index is 13.4. The molecule has 0 aliphatic rings. The van der Waals surface area contributed by atoms with Crippen LogP contribution in [0.4, 0.5) is 10.1 Å². The molecule has 0 saturated heterocycles. The highest BCUT2D eigenvalue weighted by Crippen LogP contribution is 2.17. The second-order valence-electron chi connectivity index (χ2n) is 4.29. The number of rotatable bonds is 5. The van der Waals surface area contributed by atoms with Crippen LogP contribution in [0.3, 0.4) is 0 Å². The second-order valence-corrected chi connectivity index (χ2v) is 4.29. The highest BCUT2D eigenvalue weighted by molar-refractivity contribution is 5.94. The van der Waals surface area contributed by atoms with Crippen molar-refractivity contribution in [1.82, 2.24) is 10.3 Å². The Bertz CT molecular complexity index is 662. The quantitative estimate of drug-likeness (QED) is 0.674. The molecule has 21 heavy (non-hydrogen) atoms. The van der Waals surface area contributed by atoms with E-state index in [2.05, 4.69) is 10.3 Å². The third-order valence-electron chi connectivity index (χ3n) is 2.83. The summed E-state index contributed by atoms with van der Waals surface area (Å²) >= 11 is 0. The molecule has 6 nitrogen and oxygen atoms in total. The summed E-state index contributed by atoms with van der Waals surface area (Å²) in [5, 5.41) is 13.1. The molecule has 0 unspecified atom stereocenters.